The molecule has 1 saturated carbocycles. The molecule has 1 fully saturated rings. The summed E-state index contributed by atoms with van der Waals surface area (Å²) in [6.45, 7) is 0.636. The zero-order chi connectivity index (χ0) is 19.0. The molecule has 1 aromatic carbocycles. The average Bonchev–Trinajstić information content (AvgIpc) is 3.22. The number of fused-ring (bicyclic) bond motifs is 1. The van der Waals surface area contributed by atoms with Crippen LogP contribution in [-0.2, 0) is 20.6 Å². The molecule has 4 rings (SSSR count). The lowest BCUT2D eigenvalue weighted by atomic mass is 9.93. The molecule has 0 atom stereocenters. The minimum Gasteiger partial charge on any atom is -0.353 e. The molecule has 6 heteroatoms. The zero-order valence-corrected chi connectivity index (χ0v) is 16.6. The van der Waals surface area contributed by atoms with Gasteiger partial charge >= 0.3 is 0 Å². The zero-order valence-electron chi connectivity index (χ0n) is 15.9. The Hall–Kier alpha value is -2.27. The van der Waals surface area contributed by atoms with E-state index < -0.39 is 0 Å². The van der Waals surface area contributed by atoms with E-state index in [0.717, 1.165) is 29.6 Å². The Morgan fingerprint density at radius 2 is 2.00 bits per heavy atom. The van der Waals surface area contributed by atoms with Crippen molar-refractivity contribution < 1.29 is 4.79 Å². The normalized spacial score (nSPS) is 15.4. The number of imidazole rings is 1. The summed E-state index contributed by atoms with van der Waals surface area (Å²) >= 11 is 6.13. The van der Waals surface area contributed by atoms with Crippen molar-refractivity contribution in [3.8, 4) is 0 Å². The maximum atomic E-state index is 13.5. The Labute approximate surface area is 164 Å². The highest BCUT2D eigenvalue weighted by molar-refractivity contribution is 6.29. The quantitative estimate of drug-likeness (QED) is 0.662. The molecule has 0 radical (unpaired) electrons. The Morgan fingerprint density at radius 3 is 2.70 bits per heavy atom. The van der Waals surface area contributed by atoms with Gasteiger partial charge in [-0.1, -0.05) is 19.3 Å². The minimum absolute atomic E-state index is 0.0855. The fourth-order valence-corrected chi connectivity index (χ4v) is 4.24. The number of carbonyl (C=O) groups excluding carboxylic acids is 1. The number of hydrogen-bond donors (Lipinski definition) is 0. The van der Waals surface area contributed by atoms with Crippen molar-refractivity contribution in [3.05, 3.63) is 53.1 Å². The Morgan fingerprint density at radius 1 is 1.22 bits per heavy atom. The molecule has 142 valence electrons. The number of carbonyl (C=O) groups is 1. The van der Waals surface area contributed by atoms with E-state index in [4.69, 9.17) is 11.6 Å². The molecule has 1 aliphatic carbocycles. The number of aromatic nitrogens is 3. The molecular formula is C21H25ClN4O. The fraction of sp³-hybridized carbons (Fsp3) is 0.429. The summed E-state index contributed by atoms with van der Waals surface area (Å²) < 4.78 is 3.91. The number of aryl methyl sites for hydroxylation is 2. The van der Waals surface area contributed by atoms with Crippen molar-refractivity contribution in [2.24, 2.45) is 14.1 Å². The largest absolute Gasteiger partial charge is 0.353 e. The van der Waals surface area contributed by atoms with Gasteiger partial charge in [-0.2, -0.15) is 0 Å². The molecule has 3 aromatic rings. The van der Waals surface area contributed by atoms with Crippen molar-refractivity contribution in [2.45, 2.75) is 44.7 Å². The lowest BCUT2D eigenvalue weighted by Crippen LogP contribution is -2.41. The van der Waals surface area contributed by atoms with Crippen molar-refractivity contribution in [2.75, 3.05) is 0 Å². The van der Waals surface area contributed by atoms with Gasteiger partial charge in [-0.15, -0.1) is 0 Å². The van der Waals surface area contributed by atoms with E-state index in [-0.39, 0.29) is 5.91 Å². The number of nitrogens with zero attached hydrogens (tertiary/aromatic N) is 4. The van der Waals surface area contributed by atoms with Gasteiger partial charge in [0.2, 0.25) is 5.28 Å². The second-order valence-electron chi connectivity index (χ2n) is 7.48. The highest BCUT2D eigenvalue weighted by Gasteiger charge is 2.27. The Kier molecular flexibility index (Phi) is 4.96. The molecule has 27 heavy (non-hydrogen) atoms. The van der Waals surface area contributed by atoms with Gasteiger partial charge in [-0.25, -0.2) is 4.98 Å². The third kappa shape index (κ3) is 3.48. The predicted octanol–water partition coefficient (Wildman–Crippen LogP) is 4.54. The summed E-state index contributed by atoms with van der Waals surface area (Å²) in [5.41, 5.74) is 3.54. The van der Waals surface area contributed by atoms with Crippen LogP contribution in [0.15, 0.2) is 36.5 Å². The molecular weight excluding hydrogens is 360 g/mol. The van der Waals surface area contributed by atoms with Crippen LogP contribution in [0, 0.1) is 0 Å². The fourth-order valence-electron chi connectivity index (χ4n) is 4.05. The second-order valence-corrected chi connectivity index (χ2v) is 7.82. The number of rotatable bonds is 4. The molecule has 1 aliphatic rings. The molecule has 0 bridgehead atoms. The van der Waals surface area contributed by atoms with E-state index >= 15 is 0 Å². The molecule has 0 aliphatic heterocycles. The molecule has 2 aromatic heterocycles. The highest BCUT2D eigenvalue weighted by Crippen LogP contribution is 2.27. The first-order valence-electron chi connectivity index (χ1n) is 9.58. The van der Waals surface area contributed by atoms with Crippen molar-refractivity contribution >= 4 is 28.5 Å². The number of halogens is 1. The standard InChI is InChI=1S/C21H25ClN4O/c1-24-12-6-9-17(24)14-26(16-7-4-3-5-8-16)20(27)15-10-11-18-19(13-15)25(2)21(22)23-18/h6,9-13,16H,3-5,7-8,14H2,1-2H3. The molecule has 0 spiro atoms. The van der Waals surface area contributed by atoms with Crippen LogP contribution in [0.3, 0.4) is 0 Å². The van der Waals surface area contributed by atoms with Crippen LogP contribution in [0.5, 0.6) is 0 Å². The van der Waals surface area contributed by atoms with E-state index in [1.165, 1.54) is 19.3 Å². The van der Waals surface area contributed by atoms with Crippen molar-refractivity contribution in [1.29, 1.82) is 0 Å². The van der Waals surface area contributed by atoms with Crippen molar-refractivity contribution in [1.82, 2.24) is 19.0 Å². The van der Waals surface area contributed by atoms with Gasteiger partial charge in [-0.3, -0.25) is 4.79 Å². The minimum atomic E-state index is 0.0855. The van der Waals surface area contributed by atoms with Crippen LogP contribution in [0.4, 0.5) is 0 Å². The Balaban J connectivity index is 1.68. The van der Waals surface area contributed by atoms with Crippen molar-refractivity contribution in [3.63, 3.8) is 0 Å². The van der Waals surface area contributed by atoms with Crippen LogP contribution >= 0.6 is 11.6 Å². The number of amides is 1. The maximum Gasteiger partial charge on any atom is 0.254 e. The second kappa shape index (κ2) is 7.39. The lowest BCUT2D eigenvalue weighted by Gasteiger charge is -2.34. The monoisotopic (exact) mass is 384 g/mol. The summed E-state index contributed by atoms with van der Waals surface area (Å²) in [6, 6.07) is 10.1. The molecule has 5 nitrogen and oxygen atoms in total. The first-order chi connectivity index (χ1) is 13.0. The van der Waals surface area contributed by atoms with Gasteiger partial charge < -0.3 is 14.0 Å². The van der Waals surface area contributed by atoms with Crippen LogP contribution < -0.4 is 0 Å². The lowest BCUT2D eigenvalue weighted by molar-refractivity contribution is 0.0609. The summed E-state index contributed by atoms with van der Waals surface area (Å²) in [5.74, 6) is 0.0855. The molecule has 0 saturated heterocycles. The van der Waals surface area contributed by atoms with E-state index in [9.17, 15) is 4.79 Å². The van der Waals surface area contributed by atoms with E-state index in [1.807, 2.05) is 49.1 Å². The molecule has 1 amide bonds. The number of hydrogen-bond acceptors (Lipinski definition) is 2. The SMILES string of the molecule is Cn1cccc1CN(C(=O)c1ccc2nc(Cl)n(C)c2c1)C1CCCCC1. The summed E-state index contributed by atoms with van der Waals surface area (Å²) in [4.78, 5) is 19.9. The van der Waals surface area contributed by atoms with Gasteiger partial charge in [0.15, 0.2) is 0 Å². The molecule has 0 unspecified atom stereocenters. The summed E-state index contributed by atoms with van der Waals surface area (Å²) in [6.07, 6.45) is 7.84. The van der Waals surface area contributed by atoms with E-state index in [2.05, 4.69) is 20.5 Å². The molecule has 2 heterocycles. The first-order valence-corrected chi connectivity index (χ1v) is 9.95. The van der Waals surface area contributed by atoms with Gasteiger partial charge in [-0.05, 0) is 54.8 Å². The molecule has 0 N–H and O–H groups in total. The summed E-state index contributed by atoms with van der Waals surface area (Å²) in [5, 5.41) is 0.433. The van der Waals surface area contributed by atoms with E-state index in [1.54, 1.807) is 0 Å². The summed E-state index contributed by atoms with van der Waals surface area (Å²) in [7, 11) is 3.90. The van der Waals surface area contributed by atoms with Crippen LogP contribution in [0.2, 0.25) is 5.28 Å². The smallest absolute Gasteiger partial charge is 0.254 e. The topological polar surface area (TPSA) is 43.1 Å². The van der Waals surface area contributed by atoms with Crippen LogP contribution in [0.1, 0.15) is 48.2 Å². The van der Waals surface area contributed by atoms with E-state index in [0.29, 0.717) is 23.4 Å². The third-order valence-corrected chi connectivity index (χ3v) is 6.07. The third-order valence-electron chi connectivity index (χ3n) is 5.73. The first kappa shape index (κ1) is 18.1. The van der Waals surface area contributed by atoms with Gasteiger partial charge in [0.25, 0.3) is 5.91 Å². The van der Waals surface area contributed by atoms with Gasteiger partial charge in [0.05, 0.1) is 17.6 Å². The van der Waals surface area contributed by atoms with Gasteiger partial charge in [0, 0.05) is 37.6 Å². The van der Waals surface area contributed by atoms with Gasteiger partial charge in [0.1, 0.15) is 0 Å². The number of benzene rings is 1. The highest BCUT2D eigenvalue weighted by atomic mass is 35.5. The van der Waals surface area contributed by atoms with Crippen LogP contribution in [-0.4, -0.2) is 31.0 Å². The Bertz CT molecular complexity index is 968. The average molecular weight is 385 g/mol. The predicted molar refractivity (Wildman–Crippen MR) is 108 cm³/mol. The van der Waals surface area contributed by atoms with Crippen LogP contribution in [0.25, 0.3) is 11.0 Å². The maximum absolute atomic E-state index is 13.5.